The van der Waals surface area contributed by atoms with Gasteiger partial charge in [-0.05, 0) is 32.3 Å². The molecule has 0 aromatic carbocycles. The first-order valence-corrected chi connectivity index (χ1v) is 7.47. The Bertz CT molecular complexity index is 604. The molecular weight excluding hydrogens is 276 g/mol. The molecule has 20 heavy (non-hydrogen) atoms. The van der Waals surface area contributed by atoms with Crippen molar-refractivity contribution in [3.05, 3.63) is 18.0 Å². The molecule has 1 aliphatic rings. The van der Waals surface area contributed by atoms with Crippen molar-refractivity contribution < 1.29 is 4.74 Å². The number of imidazole rings is 1. The summed E-state index contributed by atoms with van der Waals surface area (Å²) in [6.07, 6.45) is 3.67. The molecule has 2 aromatic heterocycles. The molecule has 0 bridgehead atoms. The van der Waals surface area contributed by atoms with Crippen LogP contribution in [0.1, 0.15) is 37.4 Å². The maximum Gasteiger partial charge on any atom is 0.215 e. The average molecular weight is 295 g/mol. The van der Waals surface area contributed by atoms with Crippen molar-refractivity contribution in [3.63, 3.8) is 0 Å². The largest absolute Gasteiger partial charge is 0.481 e. The number of rotatable bonds is 3. The molecule has 0 N–H and O–H groups in total. The third-order valence-electron chi connectivity index (χ3n) is 3.66. The Hall–Kier alpha value is -1.49. The lowest BCUT2D eigenvalue weighted by Crippen LogP contribution is -2.40. The van der Waals surface area contributed by atoms with Crippen LogP contribution < -0.4 is 9.75 Å². The van der Waals surface area contributed by atoms with Gasteiger partial charge in [0.05, 0.1) is 12.5 Å². The molecule has 0 spiro atoms. The Labute approximate surface area is 123 Å². The van der Waals surface area contributed by atoms with Crippen LogP contribution in [0.3, 0.4) is 0 Å². The monoisotopic (exact) mass is 294 g/mol. The first-order chi connectivity index (χ1) is 9.70. The SMILES string of the molecule is COc1ccc2nc(C(C)Cl)n(N3CCCCC3)c2n1. The van der Waals surface area contributed by atoms with Gasteiger partial charge in [-0.3, -0.25) is 0 Å². The van der Waals surface area contributed by atoms with Crippen molar-refractivity contribution in [3.8, 4) is 5.88 Å². The molecule has 0 aliphatic carbocycles. The van der Waals surface area contributed by atoms with Crippen LogP contribution >= 0.6 is 11.6 Å². The number of pyridine rings is 1. The van der Waals surface area contributed by atoms with E-state index in [0.29, 0.717) is 5.88 Å². The molecular formula is C14H19ClN4O. The number of hydrogen-bond acceptors (Lipinski definition) is 4. The Morgan fingerprint density at radius 3 is 2.60 bits per heavy atom. The second-order valence-electron chi connectivity index (χ2n) is 5.11. The van der Waals surface area contributed by atoms with Crippen molar-refractivity contribution in [1.82, 2.24) is 14.6 Å². The highest BCUT2D eigenvalue weighted by molar-refractivity contribution is 6.20. The number of nitrogens with zero attached hydrogens (tertiary/aromatic N) is 4. The summed E-state index contributed by atoms with van der Waals surface area (Å²) in [5, 5.41) is 2.14. The fraction of sp³-hybridized carbons (Fsp3) is 0.571. The van der Waals surface area contributed by atoms with Gasteiger partial charge >= 0.3 is 0 Å². The summed E-state index contributed by atoms with van der Waals surface area (Å²) in [5.41, 5.74) is 1.69. The molecule has 3 heterocycles. The molecule has 0 saturated carbocycles. The van der Waals surface area contributed by atoms with E-state index >= 15 is 0 Å². The van der Waals surface area contributed by atoms with Gasteiger partial charge in [0.25, 0.3) is 0 Å². The van der Waals surface area contributed by atoms with E-state index in [9.17, 15) is 0 Å². The molecule has 108 valence electrons. The summed E-state index contributed by atoms with van der Waals surface area (Å²) in [6, 6.07) is 3.77. The van der Waals surface area contributed by atoms with Gasteiger partial charge in [0.2, 0.25) is 5.88 Å². The van der Waals surface area contributed by atoms with Crippen LogP contribution in [0.4, 0.5) is 0 Å². The summed E-state index contributed by atoms with van der Waals surface area (Å²) >= 11 is 6.30. The van der Waals surface area contributed by atoms with E-state index < -0.39 is 0 Å². The number of hydrogen-bond donors (Lipinski definition) is 0. The molecule has 5 nitrogen and oxygen atoms in total. The zero-order chi connectivity index (χ0) is 14.1. The van der Waals surface area contributed by atoms with Gasteiger partial charge in [-0.15, -0.1) is 11.6 Å². The fourth-order valence-electron chi connectivity index (χ4n) is 2.67. The number of piperidine rings is 1. The smallest absolute Gasteiger partial charge is 0.215 e. The molecule has 0 radical (unpaired) electrons. The highest BCUT2D eigenvalue weighted by Gasteiger charge is 2.22. The Morgan fingerprint density at radius 2 is 1.95 bits per heavy atom. The van der Waals surface area contributed by atoms with Gasteiger partial charge in [0, 0.05) is 19.2 Å². The van der Waals surface area contributed by atoms with E-state index in [4.69, 9.17) is 16.3 Å². The van der Waals surface area contributed by atoms with Crippen molar-refractivity contribution in [2.45, 2.75) is 31.6 Å². The minimum atomic E-state index is -0.155. The Balaban J connectivity index is 2.15. The highest BCUT2D eigenvalue weighted by atomic mass is 35.5. The zero-order valence-electron chi connectivity index (χ0n) is 11.8. The van der Waals surface area contributed by atoms with Crippen LogP contribution in [0.5, 0.6) is 5.88 Å². The standard InChI is InChI=1S/C14H19ClN4O/c1-10(15)13-16-11-6-7-12(20-2)17-14(11)19(13)18-8-4-3-5-9-18/h6-7,10H,3-5,8-9H2,1-2H3. The fourth-order valence-corrected chi connectivity index (χ4v) is 2.81. The van der Waals surface area contributed by atoms with E-state index in [1.54, 1.807) is 7.11 Å². The number of aromatic nitrogens is 3. The summed E-state index contributed by atoms with van der Waals surface area (Å²) < 4.78 is 7.31. The molecule has 1 saturated heterocycles. The molecule has 1 fully saturated rings. The van der Waals surface area contributed by atoms with Gasteiger partial charge in [0.15, 0.2) is 5.65 Å². The molecule has 6 heteroatoms. The summed E-state index contributed by atoms with van der Waals surface area (Å²) in [7, 11) is 1.63. The van der Waals surface area contributed by atoms with Gasteiger partial charge in [-0.1, -0.05) is 0 Å². The second kappa shape index (κ2) is 5.48. The van der Waals surface area contributed by atoms with E-state index in [1.165, 1.54) is 19.3 Å². The molecule has 1 atom stereocenters. The van der Waals surface area contributed by atoms with Crippen molar-refractivity contribution in [2.75, 3.05) is 25.2 Å². The number of halogens is 1. The summed E-state index contributed by atoms with van der Waals surface area (Å²) in [5.74, 6) is 1.45. The Kier molecular flexibility index (Phi) is 3.70. The minimum absolute atomic E-state index is 0.155. The van der Waals surface area contributed by atoms with E-state index in [-0.39, 0.29) is 5.38 Å². The molecule has 0 amide bonds. The van der Waals surface area contributed by atoms with Crippen molar-refractivity contribution >= 4 is 22.8 Å². The van der Waals surface area contributed by atoms with Crippen LogP contribution in [0.25, 0.3) is 11.2 Å². The molecule has 3 rings (SSSR count). The molecule has 1 unspecified atom stereocenters. The number of ether oxygens (including phenoxy) is 1. The maximum atomic E-state index is 6.30. The maximum absolute atomic E-state index is 6.30. The van der Waals surface area contributed by atoms with Gasteiger partial charge in [-0.25, -0.2) is 9.66 Å². The molecule has 2 aromatic rings. The quantitative estimate of drug-likeness (QED) is 0.817. The minimum Gasteiger partial charge on any atom is -0.481 e. The zero-order valence-corrected chi connectivity index (χ0v) is 12.6. The first kappa shape index (κ1) is 13.5. The van der Waals surface area contributed by atoms with Crippen LogP contribution in [-0.4, -0.2) is 34.8 Å². The summed E-state index contributed by atoms with van der Waals surface area (Å²) in [6.45, 7) is 3.97. The van der Waals surface area contributed by atoms with Crippen molar-refractivity contribution in [2.24, 2.45) is 0 Å². The van der Waals surface area contributed by atoms with Crippen molar-refractivity contribution in [1.29, 1.82) is 0 Å². The first-order valence-electron chi connectivity index (χ1n) is 7.03. The summed E-state index contributed by atoms with van der Waals surface area (Å²) in [4.78, 5) is 9.18. The predicted molar refractivity (Wildman–Crippen MR) is 80.2 cm³/mol. The normalized spacial score (nSPS) is 17.4. The van der Waals surface area contributed by atoms with E-state index in [1.807, 2.05) is 19.1 Å². The third kappa shape index (κ3) is 2.30. The lowest BCUT2D eigenvalue weighted by Gasteiger charge is -2.31. The van der Waals surface area contributed by atoms with Gasteiger partial charge in [0.1, 0.15) is 11.3 Å². The van der Waals surface area contributed by atoms with Crippen LogP contribution in [0, 0.1) is 0 Å². The Morgan fingerprint density at radius 1 is 1.20 bits per heavy atom. The third-order valence-corrected chi connectivity index (χ3v) is 3.86. The lowest BCUT2D eigenvalue weighted by atomic mass is 10.2. The van der Waals surface area contributed by atoms with E-state index in [0.717, 1.165) is 30.1 Å². The number of alkyl halides is 1. The van der Waals surface area contributed by atoms with Crippen LogP contribution in [0.2, 0.25) is 0 Å². The van der Waals surface area contributed by atoms with Crippen LogP contribution in [-0.2, 0) is 0 Å². The lowest BCUT2D eigenvalue weighted by molar-refractivity contribution is 0.398. The predicted octanol–water partition coefficient (Wildman–Crippen LogP) is 2.86. The average Bonchev–Trinajstić information content (AvgIpc) is 2.86. The second-order valence-corrected chi connectivity index (χ2v) is 5.76. The van der Waals surface area contributed by atoms with Crippen LogP contribution in [0.15, 0.2) is 12.1 Å². The van der Waals surface area contributed by atoms with Gasteiger partial charge < -0.3 is 9.75 Å². The molecule has 1 aliphatic heterocycles. The van der Waals surface area contributed by atoms with E-state index in [2.05, 4.69) is 19.7 Å². The van der Waals surface area contributed by atoms with Gasteiger partial charge in [-0.2, -0.15) is 4.98 Å². The number of methoxy groups -OCH3 is 1. The number of fused-ring (bicyclic) bond motifs is 1. The topological polar surface area (TPSA) is 43.2 Å². The highest BCUT2D eigenvalue weighted by Crippen LogP contribution is 2.26.